The van der Waals surface area contributed by atoms with E-state index in [1.165, 1.54) is 4.90 Å². The molecule has 18 heavy (non-hydrogen) atoms. The Morgan fingerprint density at radius 1 is 1.39 bits per heavy atom. The highest BCUT2D eigenvalue weighted by molar-refractivity contribution is 5.70. The molecule has 2 aliphatic heterocycles. The van der Waals surface area contributed by atoms with Crippen molar-refractivity contribution in [1.29, 1.82) is 0 Å². The monoisotopic (exact) mass is 262 g/mol. The molecule has 1 amide bonds. The van der Waals surface area contributed by atoms with E-state index in [0.29, 0.717) is 6.42 Å². The lowest BCUT2D eigenvalue weighted by Crippen LogP contribution is -2.53. The van der Waals surface area contributed by atoms with Crippen LogP contribution in [0.2, 0.25) is 0 Å². The Morgan fingerprint density at radius 3 is 2.50 bits per heavy atom. The number of alkyl halides is 2. The molecule has 104 valence electrons. The molecule has 2 saturated heterocycles. The second-order valence-electron chi connectivity index (χ2n) is 6.25. The summed E-state index contributed by atoms with van der Waals surface area (Å²) in [4.78, 5) is 13.2. The van der Waals surface area contributed by atoms with E-state index in [2.05, 4.69) is 0 Å². The van der Waals surface area contributed by atoms with Gasteiger partial charge in [0.25, 0.3) is 5.92 Å². The molecule has 0 spiro atoms. The number of piperidine rings is 1. The number of carbonyl (C=O) groups excluding carboxylic acids is 1. The predicted molar refractivity (Wildman–Crippen MR) is 62.4 cm³/mol. The molecule has 2 aliphatic rings. The maximum Gasteiger partial charge on any atom is 0.411 e. The van der Waals surface area contributed by atoms with Gasteiger partial charge in [0, 0.05) is 18.5 Å². The van der Waals surface area contributed by atoms with E-state index in [9.17, 15) is 13.6 Å². The van der Waals surface area contributed by atoms with Crippen molar-refractivity contribution in [2.24, 2.45) is 5.73 Å². The number of rotatable bonds is 0. The fourth-order valence-electron chi connectivity index (χ4n) is 2.81. The third kappa shape index (κ3) is 2.43. The van der Waals surface area contributed by atoms with Crippen molar-refractivity contribution >= 4 is 6.09 Å². The van der Waals surface area contributed by atoms with E-state index in [1.807, 2.05) is 0 Å². The van der Waals surface area contributed by atoms with E-state index in [4.69, 9.17) is 10.5 Å². The average molecular weight is 262 g/mol. The Labute approximate surface area is 105 Å². The van der Waals surface area contributed by atoms with Crippen LogP contribution in [0.15, 0.2) is 0 Å². The van der Waals surface area contributed by atoms with Crippen LogP contribution < -0.4 is 5.73 Å². The van der Waals surface area contributed by atoms with Gasteiger partial charge in [-0.1, -0.05) is 0 Å². The van der Waals surface area contributed by atoms with Crippen LogP contribution in [0.25, 0.3) is 0 Å². The second-order valence-corrected chi connectivity index (χ2v) is 6.25. The van der Waals surface area contributed by atoms with E-state index in [-0.39, 0.29) is 18.9 Å². The Hall–Kier alpha value is -0.910. The first-order valence-corrected chi connectivity index (χ1v) is 6.25. The van der Waals surface area contributed by atoms with Crippen molar-refractivity contribution < 1.29 is 18.3 Å². The molecule has 3 unspecified atom stereocenters. The highest BCUT2D eigenvalue weighted by Crippen LogP contribution is 2.45. The van der Waals surface area contributed by atoms with E-state index < -0.39 is 29.7 Å². The summed E-state index contributed by atoms with van der Waals surface area (Å²) >= 11 is 0. The molecule has 0 aliphatic carbocycles. The molecule has 0 aromatic heterocycles. The molecule has 2 rings (SSSR count). The molecule has 2 heterocycles. The zero-order valence-electron chi connectivity index (χ0n) is 11.0. The van der Waals surface area contributed by atoms with Gasteiger partial charge in [0.15, 0.2) is 0 Å². The number of carbonyl (C=O) groups is 1. The van der Waals surface area contributed by atoms with Gasteiger partial charge in [0.1, 0.15) is 11.6 Å². The fourth-order valence-corrected chi connectivity index (χ4v) is 2.81. The van der Waals surface area contributed by atoms with Gasteiger partial charge in [-0.3, -0.25) is 4.90 Å². The first kappa shape index (κ1) is 13.5. The molecule has 4 nitrogen and oxygen atoms in total. The van der Waals surface area contributed by atoms with Gasteiger partial charge in [-0.2, -0.15) is 0 Å². The van der Waals surface area contributed by atoms with Gasteiger partial charge in [0.2, 0.25) is 0 Å². The maximum absolute atomic E-state index is 13.8. The molecule has 2 bridgehead atoms. The van der Waals surface area contributed by atoms with Gasteiger partial charge in [0.05, 0.1) is 0 Å². The lowest BCUT2D eigenvalue weighted by atomic mass is 9.98. The number of halogens is 2. The minimum absolute atomic E-state index is 0.142. The zero-order valence-corrected chi connectivity index (χ0v) is 11.0. The minimum atomic E-state index is -2.85. The largest absolute Gasteiger partial charge is 0.444 e. The first-order valence-electron chi connectivity index (χ1n) is 6.25. The summed E-state index contributed by atoms with van der Waals surface area (Å²) in [5.74, 6) is -2.85. The maximum atomic E-state index is 13.8. The van der Waals surface area contributed by atoms with Gasteiger partial charge in [-0.25, -0.2) is 13.6 Å². The lowest BCUT2D eigenvalue weighted by Gasteiger charge is -2.38. The second kappa shape index (κ2) is 4.05. The summed E-state index contributed by atoms with van der Waals surface area (Å²) in [6.07, 6.45) is -0.389. The third-order valence-corrected chi connectivity index (χ3v) is 3.43. The van der Waals surface area contributed by atoms with Crippen LogP contribution in [-0.4, -0.2) is 40.6 Å². The lowest BCUT2D eigenvalue weighted by molar-refractivity contribution is -0.0490. The number of hydrogen-bond donors (Lipinski definition) is 1. The minimum Gasteiger partial charge on any atom is -0.444 e. The number of fused-ring (bicyclic) bond motifs is 2. The zero-order chi connectivity index (χ0) is 13.7. The smallest absolute Gasteiger partial charge is 0.411 e. The van der Waals surface area contributed by atoms with E-state index in [0.717, 1.165) is 0 Å². The predicted octanol–water partition coefficient (Wildman–Crippen LogP) is 2.12. The number of nitrogens with zero attached hydrogens (tertiary/aromatic N) is 1. The van der Waals surface area contributed by atoms with E-state index >= 15 is 0 Å². The number of hydrogen-bond acceptors (Lipinski definition) is 3. The molecule has 2 N–H and O–H groups in total. The van der Waals surface area contributed by atoms with Gasteiger partial charge >= 0.3 is 6.09 Å². The van der Waals surface area contributed by atoms with Crippen molar-refractivity contribution in [3.63, 3.8) is 0 Å². The van der Waals surface area contributed by atoms with E-state index in [1.54, 1.807) is 20.8 Å². The third-order valence-electron chi connectivity index (χ3n) is 3.43. The van der Waals surface area contributed by atoms with Gasteiger partial charge in [-0.05, 0) is 33.6 Å². The van der Waals surface area contributed by atoms with Crippen LogP contribution in [0.4, 0.5) is 13.6 Å². The van der Waals surface area contributed by atoms with Crippen molar-refractivity contribution in [3.05, 3.63) is 0 Å². The number of nitrogens with two attached hydrogens (primary N) is 1. The molecular weight excluding hydrogens is 242 g/mol. The van der Waals surface area contributed by atoms with Gasteiger partial charge in [-0.15, -0.1) is 0 Å². The molecule has 0 saturated carbocycles. The van der Waals surface area contributed by atoms with Gasteiger partial charge < -0.3 is 10.5 Å². The number of amides is 1. The van der Waals surface area contributed by atoms with Crippen LogP contribution in [0, 0.1) is 0 Å². The van der Waals surface area contributed by atoms with Crippen molar-refractivity contribution in [2.45, 2.75) is 69.7 Å². The molecule has 0 aromatic carbocycles. The standard InChI is InChI=1S/C12H20F2N2O2/c1-11(2,3)18-10(17)16-8-4-7(15)5-9(16)12(13,14)6-8/h7-9H,4-6,15H2,1-3H3. The van der Waals surface area contributed by atoms with Crippen LogP contribution in [-0.2, 0) is 4.74 Å². The van der Waals surface area contributed by atoms with Crippen molar-refractivity contribution in [1.82, 2.24) is 4.90 Å². The Bertz CT molecular complexity index is 354. The quantitative estimate of drug-likeness (QED) is 0.727. The normalized spacial score (nSPS) is 34.6. The van der Waals surface area contributed by atoms with Crippen molar-refractivity contribution in [3.8, 4) is 0 Å². The molecule has 3 atom stereocenters. The topological polar surface area (TPSA) is 55.6 Å². The Balaban J connectivity index is 2.17. The molecule has 2 fully saturated rings. The fraction of sp³-hybridized carbons (Fsp3) is 0.917. The summed E-state index contributed by atoms with van der Waals surface area (Å²) < 4.78 is 32.8. The Kier molecular flexibility index (Phi) is 3.04. The molecule has 0 aromatic rings. The molecular formula is C12H20F2N2O2. The van der Waals surface area contributed by atoms with Crippen LogP contribution >= 0.6 is 0 Å². The summed E-state index contributed by atoms with van der Waals surface area (Å²) in [5.41, 5.74) is 5.08. The van der Waals surface area contributed by atoms with Crippen LogP contribution in [0.5, 0.6) is 0 Å². The molecule has 0 radical (unpaired) electrons. The summed E-state index contributed by atoms with van der Waals surface area (Å²) in [6, 6.07) is -1.86. The van der Waals surface area contributed by atoms with Crippen molar-refractivity contribution in [2.75, 3.05) is 0 Å². The summed E-state index contributed by atoms with van der Waals surface area (Å²) in [7, 11) is 0. The number of ether oxygens (including phenoxy) is 1. The first-order chi connectivity index (χ1) is 8.10. The highest BCUT2D eigenvalue weighted by atomic mass is 19.3. The SMILES string of the molecule is CC(C)(C)OC(=O)N1C2CC(N)CC1C(F)(F)C2. The molecule has 6 heteroatoms. The highest BCUT2D eigenvalue weighted by Gasteiger charge is 2.59. The van der Waals surface area contributed by atoms with Crippen LogP contribution in [0.1, 0.15) is 40.0 Å². The summed E-state index contributed by atoms with van der Waals surface area (Å²) in [6.45, 7) is 5.17. The van der Waals surface area contributed by atoms with Crippen LogP contribution in [0.3, 0.4) is 0 Å². The summed E-state index contributed by atoms with van der Waals surface area (Å²) in [5, 5.41) is 0. The Morgan fingerprint density at radius 2 is 2.00 bits per heavy atom. The average Bonchev–Trinajstić information content (AvgIpc) is 2.28.